The molecule has 1 fully saturated rings. The molecule has 11 heteroatoms. The van der Waals surface area contributed by atoms with Crippen LogP contribution in [-0.4, -0.2) is 13.1 Å². The van der Waals surface area contributed by atoms with Crippen molar-refractivity contribution in [1.82, 2.24) is 0 Å². The average Bonchev–Trinajstić information content (AvgIpc) is 2.77. The smallest absolute Gasteiger partial charge is 0.370 e. The summed E-state index contributed by atoms with van der Waals surface area (Å²) >= 11 is 6.08. The third kappa shape index (κ3) is 8.58. The van der Waals surface area contributed by atoms with E-state index in [1.165, 1.54) is 12.8 Å². The van der Waals surface area contributed by atoms with Gasteiger partial charge in [0.1, 0.15) is 0 Å². The molecule has 0 N–H and O–H groups in total. The Labute approximate surface area is 121 Å². The number of hydrogen-bond donors (Lipinski definition) is 0. The standard InChI is InChI=1S/C10H11ClN3.F6P/c11-9-7-8(13-12)3-4-10(9)14-5-1-2-6-14;1-7(2,3,4,5)6/h3-4,7H,1-2,5-6H2;/q+1;-1. The van der Waals surface area contributed by atoms with Crippen LogP contribution in [0.15, 0.2) is 18.2 Å². The van der Waals surface area contributed by atoms with Gasteiger partial charge >= 0.3 is 38.7 Å². The number of anilines is 1. The molecule has 0 bridgehead atoms. The molecule has 2 rings (SSSR count). The Hall–Kier alpha value is -1.26. The second-order valence-electron chi connectivity index (χ2n) is 4.39. The minimum absolute atomic E-state index is 0.498. The maximum atomic E-state index is 9.87. The van der Waals surface area contributed by atoms with Crippen molar-refractivity contribution >= 4 is 30.8 Å². The molecule has 0 saturated carbocycles. The molecule has 3 nitrogen and oxygen atoms in total. The van der Waals surface area contributed by atoms with E-state index in [-0.39, 0.29) is 0 Å². The van der Waals surface area contributed by atoms with Crippen LogP contribution in [0.5, 0.6) is 0 Å². The fourth-order valence-corrected chi connectivity index (χ4v) is 2.07. The van der Waals surface area contributed by atoms with Crippen LogP contribution in [0.2, 0.25) is 5.02 Å². The van der Waals surface area contributed by atoms with Gasteiger partial charge in [0.2, 0.25) is 5.39 Å². The molecule has 0 atom stereocenters. The molecule has 1 saturated heterocycles. The van der Waals surface area contributed by atoms with Crippen LogP contribution in [0.1, 0.15) is 12.8 Å². The molecule has 1 aliphatic rings. The molecule has 1 aromatic carbocycles. The average molecular weight is 354 g/mol. The first-order valence-electron chi connectivity index (χ1n) is 5.72. The van der Waals surface area contributed by atoms with Crippen molar-refractivity contribution in [1.29, 1.82) is 5.39 Å². The molecule has 0 radical (unpaired) electrons. The van der Waals surface area contributed by atoms with E-state index in [4.69, 9.17) is 17.0 Å². The van der Waals surface area contributed by atoms with E-state index >= 15 is 0 Å². The molecule has 0 aliphatic carbocycles. The zero-order valence-corrected chi connectivity index (χ0v) is 12.1. The zero-order valence-electron chi connectivity index (χ0n) is 10.5. The van der Waals surface area contributed by atoms with Crippen molar-refractivity contribution in [2.75, 3.05) is 18.0 Å². The summed E-state index contributed by atoms with van der Waals surface area (Å²) in [6, 6.07) is 5.34. The molecular formula is C10H11ClF6N3P. The molecule has 0 amide bonds. The van der Waals surface area contributed by atoms with Crippen LogP contribution in [0.25, 0.3) is 4.98 Å². The van der Waals surface area contributed by atoms with Gasteiger partial charge in [-0.2, -0.15) is 0 Å². The summed E-state index contributed by atoms with van der Waals surface area (Å²) in [7, 11) is -10.7. The first-order valence-corrected chi connectivity index (χ1v) is 8.13. The topological polar surface area (TPSA) is 31.4 Å². The molecule has 1 aromatic rings. The number of halogens is 7. The van der Waals surface area contributed by atoms with E-state index in [1.807, 2.05) is 6.07 Å². The van der Waals surface area contributed by atoms with Crippen LogP contribution in [-0.2, 0) is 0 Å². The van der Waals surface area contributed by atoms with Gasteiger partial charge in [-0.05, 0) is 18.9 Å². The minimum Gasteiger partial charge on any atom is -0.370 e. The summed E-state index contributed by atoms with van der Waals surface area (Å²) in [5.41, 5.74) is 1.54. The van der Waals surface area contributed by atoms with Crippen molar-refractivity contribution in [3.8, 4) is 0 Å². The molecule has 1 aliphatic heterocycles. The number of diazo groups is 1. The maximum absolute atomic E-state index is 10.7. The van der Waals surface area contributed by atoms with Crippen molar-refractivity contribution in [3.63, 3.8) is 0 Å². The predicted octanol–water partition coefficient (Wildman–Crippen LogP) is 6.81. The van der Waals surface area contributed by atoms with Crippen molar-refractivity contribution < 1.29 is 25.2 Å². The van der Waals surface area contributed by atoms with Crippen LogP contribution in [0.4, 0.5) is 36.6 Å². The van der Waals surface area contributed by atoms with E-state index in [0.717, 1.165) is 18.8 Å². The van der Waals surface area contributed by atoms with Gasteiger partial charge < -0.3 is 4.90 Å². The number of hydrogen-bond acceptors (Lipinski definition) is 2. The van der Waals surface area contributed by atoms with E-state index < -0.39 is 7.81 Å². The Balaban J connectivity index is 0.000000270. The Morgan fingerprint density at radius 1 is 1.05 bits per heavy atom. The summed E-state index contributed by atoms with van der Waals surface area (Å²) in [6.07, 6.45) is 2.45. The monoisotopic (exact) mass is 353 g/mol. The van der Waals surface area contributed by atoms with E-state index in [0.29, 0.717) is 10.7 Å². The third-order valence-corrected chi connectivity index (χ3v) is 2.80. The van der Waals surface area contributed by atoms with Gasteiger partial charge in [0.25, 0.3) is 0 Å². The Bertz CT molecular complexity index is 550. The minimum atomic E-state index is -10.7. The van der Waals surface area contributed by atoms with Crippen LogP contribution < -0.4 is 4.90 Å². The van der Waals surface area contributed by atoms with Gasteiger partial charge in [0.05, 0.1) is 16.8 Å². The molecule has 0 unspecified atom stereocenters. The van der Waals surface area contributed by atoms with Gasteiger partial charge in [-0.25, -0.2) is 0 Å². The summed E-state index contributed by atoms with van der Waals surface area (Å²) in [4.78, 5) is 5.35. The fraction of sp³-hybridized carbons (Fsp3) is 0.400. The first-order chi connectivity index (χ1) is 9.26. The Morgan fingerprint density at radius 2 is 1.52 bits per heavy atom. The maximum Gasteiger partial charge on any atom is 0.386 e. The molecule has 120 valence electrons. The third-order valence-electron chi connectivity index (χ3n) is 2.49. The molecule has 1 heterocycles. The first kappa shape index (κ1) is 17.8. The SMILES string of the molecule is F[P-](F)(F)(F)(F)F.N#[N+]c1ccc(N2CCCC2)c(Cl)c1. The Kier molecular flexibility index (Phi) is 4.39. The van der Waals surface area contributed by atoms with Crippen LogP contribution >= 0.6 is 19.4 Å². The van der Waals surface area contributed by atoms with Gasteiger partial charge in [-0.3, -0.25) is 0 Å². The van der Waals surface area contributed by atoms with Gasteiger partial charge in [-0.1, -0.05) is 11.6 Å². The summed E-state index contributed by atoms with van der Waals surface area (Å²) in [6.45, 7) is 2.13. The van der Waals surface area contributed by atoms with Gasteiger partial charge in [-0.15, -0.1) is 0 Å². The Morgan fingerprint density at radius 3 is 1.90 bits per heavy atom. The summed E-state index contributed by atoms with van der Waals surface area (Å²) < 4.78 is 59.2. The van der Waals surface area contributed by atoms with E-state index in [9.17, 15) is 25.2 Å². The van der Waals surface area contributed by atoms with Gasteiger partial charge in [0.15, 0.2) is 4.98 Å². The number of rotatable bonds is 1. The van der Waals surface area contributed by atoms with Gasteiger partial charge in [0, 0.05) is 19.2 Å². The zero-order chi connectivity index (χ0) is 16.4. The number of benzene rings is 1. The summed E-state index contributed by atoms with van der Waals surface area (Å²) in [5.74, 6) is 0. The van der Waals surface area contributed by atoms with Crippen LogP contribution in [0, 0.1) is 5.39 Å². The second-order valence-corrected chi connectivity index (χ2v) is 6.71. The summed E-state index contributed by atoms with van der Waals surface area (Å²) in [5, 5.41) is 9.23. The van der Waals surface area contributed by atoms with Crippen molar-refractivity contribution in [2.45, 2.75) is 12.8 Å². The normalized spacial score (nSPS) is 18.1. The quantitative estimate of drug-likeness (QED) is 0.315. The fourth-order valence-electron chi connectivity index (χ4n) is 1.77. The van der Waals surface area contributed by atoms with E-state index in [2.05, 4.69) is 9.88 Å². The second kappa shape index (κ2) is 5.18. The van der Waals surface area contributed by atoms with E-state index in [1.54, 1.807) is 12.1 Å². The molecule has 0 aromatic heterocycles. The largest absolute Gasteiger partial charge is 0.386 e. The molecule has 21 heavy (non-hydrogen) atoms. The number of nitrogens with zero attached hydrogens (tertiary/aromatic N) is 3. The van der Waals surface area contributed by atoms with Crippen molar-refractivity contribution in [3.05, 3.63) is 28.2 Å². The molecular weight excluding hydrogens is 343 g/mol. The van der Waals surface area contributed by atoms with Crippen molar-refractivity contribution in [2.24, 2.45) is 0 Å². The molecule has 0 spiro atoms. The van der Waals surface area contributed by atoms with Crippen LogP contribution in [0.3, 0.4) is 0 Å². The predicted molar refractivity (Wildman–Crippen MR) is 71.2 cm³/mol.